The van der Waals surface area contributed by atoms with Gasteiger partial charge >= 0.3 is 6.18 Å². The number of alkyl halides is 3. The Morgan fingerprint density at radius 1 is 1.40 bits per heavy atom. The summed E-state index contributed by atoms with van der Waals surface area (Å²) in [5, 5.41) is 6.44. The van der Waals surface area contributed by atoms with Gasteiger partial charge in [-0.1, -0.05) is 0 Å². The van der Waals surface area contributed by atoms with Crippen LogP contribution in [-0.4, -0.2) is 65.9 Å². The van der Waals surface area contributed by atoms with Crippen LogP contribution in [0.15, 0.2) is 17.4 Å². The fourth-order valence-corrected chi connectivity index (χ4v) is 2.99. The first-order valence-electron chi connectivity index (χ1n) is 8.61. The average molecular weight is 360 g/mol. The molecule has 1 aliphatic rings. The lowest BCUT2D eigenvalue weighted by atomic mass is 10.2. The van der Waals surface area contributed by atoms with E-state index in [9.17, 15) is 13.2 Å². The lowest BCUT2D eigenvalue weighted by molar-refractivity contribution is -0.143. The van der Waals surface area contributed by atoms with Gasteiger partial charge in [0, 0.05) is 51.7 Å². The van der Waals surface area contributed by atoms with Crippen molar-refractivity contribution in [2.24, 2.45) is 4.99 Å². The molecule has 0 spiro atoms. The summed E-state index contributed by atoms with van der Waals surface area (Å²) in [6, 6.07) is 0.00199. The van der Waals surface area contributed by atoms with Crippen LogP contribution in [0.1, 0.15) is 25.1 Å². The Morgan fingerprint density at radius 2 is 2.20 bits per heavy atom. The molecule has 6 nitrogen and oxygen atoms in total. The molecular formula is C16H27F3N6. The van der Waals surface area contributed by atoms with E-state index < -0.39 is 12.7 Å². The highest BCUT2D eigenvalue weighted by Gasteiger charge is 2.34. The number of hydrogen-bond donors (Lipinski definition) is 2. The quantitative estimate of drug-likeness (QED) is 0.442. The second-order valence-corrected chi connectivity index (χ2v) is 6.35. The number of guanidine groups is 1. The monoisotopic (exact) mass is 360 g/mol. The van der Waals surface area contributed by atoms with E-state index in [1.54, 1.807) is 13.2 Å². The summed E-state index contributed by atoms with van der Waals surface area (Å²) < 4.78 is 39.4. The van der Waals surface area contributed by atoms with Gasteiger partial charge < -0.3 is 15.2 Å². The van der Waals surface area contributed by atoms with Crippen molar-refractivity contribution in [3.63, 3.8) is 0 Å². The SMILES string of the molecule is CN=C(NCCCCn1ccnc1C)NC1CCN(CC(F)(F)F)C1. The minimum absolute atomic E-state index is 0.00199. The van der Waals surface area contributed by atoms with Crippen LogP contribution >= 0.6 is 0 Å². The first-order chi connectivity index (χ1) is 11.9. The summed E-state index contributed by atoms with van der Waals surface area (Å²) >= 11 is 0. The molecule has 2 heterocycles. The van der Waals surface area contributed by atoms with Gasteiger partial charge in [0.1, 0.15) is 5.82 Å². The Balaban J connectivity index is 1.62. The van der Waals surface area contributed by atoms with Crippen molar-refractivity contribution < 1.29 is 13.2 Å². The van der Waals surface area contributed by atoms with Gasteiger partial charge in [-0.15, -0.1) is 0 Å². The number of nitrogens with one attached hydrogen (secondary N) is 2. The molecule has 2 rings (SSSR count). The van der Waals surface area contributed by atoms with Crippen molar-refractivity contribution >= 4 is 5.96 Å². The van der Waals surface area contributed by atoms with Gasteiger partial charge in [0.2, 0.25) is 0 Å². The smallest absolute Gasteiger partial charge is 0.356 e. The topological polar surface area (TPSA) is 57.5 Å². The molecule has 0 aromatic carbocycles. The van der Waals surface area contributed by atoms with Crippen molar-refractivity contribution in [3.8, 4) is 0 Å². The summed E-state index contributed by atoms with van der Waals surface area (Å²) in [6.45, 7) is 3.68. The molecule has 1 unspecified atom stereocenters. The molecule has 0 aliphatic carbocycles. The fourth-order valence-electron chi connectivity index (χ4n) is 2.99. The van der Waals surface area contributed by atoms with E-state index in [2.05, 4.69) is 25.2 Å². The Bertz CT molecular complexity index is 554. The lowest BCUT2D eigenvalue weighted by Gasteiger charge is -2.19. The first-order valence-corrected chi connectivity index (χ1v) is 8.61. The van der Waals surface area contributed by atoms with Crippen molar-refractivity contribution in [1.29, 1.82) is 0 Å². The highest BCUT2D eigenvalue weighted by molar-refractivity contribution is 5.79. The van der Waals surface area contributed by atoms with E-state index in [0.717, 1.165) is 31.8 Å². The van der Waals surface area contributed by atoms with Crippen molar-refractivity contribution in [2.45, 2.75) is 44.9 Å². The second-order valence-electron chi connectivity index (χ2n) is 6.35. The highest BCUT2D eigenvalue weighted by atomic mass is 19.4. The summed E-state index contributed by atoms with van der Waals surface area (Å²) in [5.74, 6) is 1.66. The molecule has 1 aromatic heterocycles. The minimum atomic E-state index is -4.14. The molecule has 9 heteroatoms. The van der Waals surface area contributed by atoms with Gasteiger partial charge in [-0.05, 0) is 26.2 Å². The minimum Gasteiger partial charge on any atom is -0.356 e. The Morgan fingerprint density at radius 3 is 2.84 bits per heavy atom. The normalized spacial score (nSPS) is 19.4. The molecular weight excluding hydrogens is 333 g/mol. The first kappa shape index (κ1) is 19.6. The van der Waals surface area contributed by atoms with Crippen LogP contribution in [0.25, 0.3) is 0 Å². The van der Waals surface area contributed by atoms with Crippen LogP contribution in [-0.2, 0) is 6.54 Å². The van der Waals surface area contributed by atoms with Crippen LogP contribution in [0.5, 0.6) is 0 Å². The molecule has 0 amide bonds. The number of likely N-dealkylation sites (tertiary alicyclic amines) is 1. The number of nitrogens with zero attached hydrogens (tertiary/aromatic N) is 4. The van der Waals surface area contributed by atoms with Gasteiger partial charge in [0.05, 0.1) is 6.54 Å². The standard InChI is InChI=1S/C16H27F3N6/c1-13-21-7-10-25(13)8-4-3-6-22-15(20-2)23-14-5-9-24(11-14)12-16(17,18)19/h7,10,14H,3-6,8-9,11-12H2,1-2H3,(H2,20,22,23). The second kappa shape index (κ2) is 9.07. The Kier molecular flexibility index (Phi) is 7.10. The van der Waals surface area contributed by atoms with Gasteiger partial charge in [-0.25, -0.2) is 4.98 Å². The average Bonchev–Trinajstić information content (AvgIpc) is 3.13. The van der Waals surface area contributed by atoms with E-state index in [0.29, 0.717) is 25.5 Å². The molecule has 1 saturated heterocycles. The maximum Gasteiger partial charge on any atom is 0.401 e. The number of aryl methyl sites for hydroxylation is 2. The molecule has 0 bridgehead atoms. The van der Waals surface area contributed by atoms with E-state index in [1.807, 2.05) is 13.1 Å². The predicted molar refractivity (Wildman–Crippen MR) is 91.6 cm³/mol. The van der Waals surface area contributed by atoms with Crippen molar-refractivity contribution in [2.75, 3.05) is 33.2 Å². The van der Waals surface area contributed by atoms with E-state index >= 15 is 0 Å². The number of imidazole rings is 1. The molecule has 1 atom stereocenters. The van der Waals surface area contributed by atoms with Crippen LogP contribution in [0, 0.1) is 6.92 Å². The van der Waals surface area contributed by atoms with Crippen LogP contribution in [0.2, 0.25) is 0 Å². The van der Waals surface area contributed by atoms with E-state index in [4.69, 9.17) is 0 Å². The van der Waals surface area contributed by atoms with Crippen molar-refractivity contribution in [3.05, 3.63) is 18.2 Å². The maximum atomic E-state index is 12.4. The summed E-state index contributed by atoms with van der Waals surface area (Å²) in [5.41, 5.74) is 0. The molecule has 1 aliphatic heterocycles. The largest absolute Gasteiger partial charge is 0.401 e. The number of hydrogen-bond acceptors (Lipinski definition) is 3. The third-order valence-electron chi connectivity index (χ3n) is 4.28. The zero-order valence-corrected chi connectivity index (χ0v) is 14.8. The molecule has 0 radical (unpaired) electrons. The van der Waals surface area contributed by atoms with E-state index in [-0.39, 0.29) is 6.04 Å². The summed E-state index contributed by atoms with van der Waals surface area (Å²) in [4.78, 5) is 9.77. The molecule has 25 heavy (non-hydrogen) atoms. The number of rotatable bonds is 7. The third kappa shape index (κ3) is 6.93. The molecule has 0 saturated carbocycles. The predicted octanol–water partition coefficient (Wildman–Crippen LogP) is 1.77. The van der Waals surface area contributed by atoms with Gasteiger partial charge in [0.25, 0.3) is 0 Å². The fraction of sp³-hybridized carbons (Fsp3) is 0.750. The maximum absolute atomic E-state index is 12.4. The molecule has 1 fully saturated rings. The number of unbranched alkanes of at least 4 members (excludes halogenated alkanes) is 1. The van der Waals surface area contributed by atoms with Gasteiger partial charge in [-0.3, -0.25) is 9.89 Å². The number of halogens is 3. The van der Waals surface area contributed by atoms with Gasteiger partial charge in [-0.2, -0.15) is 13.2 Å². The number of aromatic nitrogens is 2. The van der Waals surface area contributed by atoms with Crippen LogP contribution in [0.3, 0.4) is 0 Å². The lowest BCUT2D eigenvalue weighted by Crippen LogP contribution is -2.45. The Labute approximate surface area is 146 Å². The van der Waals surface area contributed by atoms with Gasteiger partial charge in [0.15, 0.2) is 5.96 Å². The summed E-state index contributed by atoms with van der Waals surface area (Å²) in [6.07, 6.45) is 2.31. The van der Waals surface area contributed by atoms with E-state index in [1.165, 1.54) is 4.90 Å². The third-order valence-corrected chi connectivity index (χ3v) is 4.28. The van der Waals surface area contributed by atoms with Crippen LogP contribution < -0.4 is 10.6 Å². The molecule has 142 valence electrons. The zero-order valence-electron chi connectivity index (χ0n) is 14.8. The molecule has 1 aromatic rings. The molecule has 2 N–H and O–H groups in total. The highest BCUT2D eigenvalue weighted by Crippen LogP contribution is 2.19. The summed E-state index contributed by atoms with van der Waals surface area (Å²) in [7, 11) is 1.67. The van der Waals surface area contributed by atoms with Crippen LogP contribution in [0.4, 0.5) is 13.2 Å². The zero-order chi connectivity index (χ0) is 18.3. The Hall–Kier alpha value is -1.77. The number of aliphatic imine (C=N–C) groups is 1. The van der Waals surface area contributed by atoms with Crippen molar-refractivity contribution in [1.82, 2.24) is 25.1 Å².